The third-order valence-electron chi connectivity index (χ3n) is 11.3. The van der Waals surface area contributed by atoms with Gasteiger partial charge in [-0.3, -0.25) is 33.8 Å². The van der Waals surface area contributed by atoms with Gasteiger partial charge < -0.3 is 15.5 Å². The number of nitrogens with one attached hydrogen (secondary N) is 2. The highest BCUT2D eigenvalue weighted by Crippen LogP contribution is 2.44. The van der Waals surface area contributed by atoms with Crippen molar-refractivity contribution in [3.63, 3.8) is 0 Å². The predicted molar refractivity (Wildman–Crippen MR) is 183 cm³/mol. The van der Waals surface area contributed by atoms with Gasteiger partial charge in [-0.05, 0) is 74.0 Å². The number of nitrogens with zero attached hydrogens (tertiary/aromatic N) is 3. The van der Waals surface area contributed by atoms with Crippen LogP contribution in [-0.2, 0) is 24.0 Å². The summed E-state index contributed by atoms with van der Waals surface area (Å²) in [6.45, 7) is 8.03. The summed E-state index contributed by atoms with van der Waals surface area (Å²) in [6, 6.07) is -2.52. The number of carbonyl (C=O) groups is 6. The first-order valence-electron chi connectivity index (χ1n) is 18.7. The minimum absolute atomic E-state index is 0.00595. The van der Waals surface area contributed by atoms with Crippen LogP contribution in [-0.4, -0.2) is 74.6 Å². The number of hydrogen-bond acceptors (Lipinski definition) is 8. The van der Waals surface area contributed by atoms with Crippen molar-refractivity contribution in [1.82, 2.24) is 25.5 Å². The smallest absolute Gasteiger partial charge is 0.272 e. The molecule has 3 amide bonds. The number of likely N-dealkylation sites (tertiary alicyclic amines) is 1. The van der Waals surface area contributed by atoms with Crippen molar-refractivity contribution < 1.29 is 28.8 Å². The van der Waals surface area contributed by atoms with Crippen LogP contribution in [0, 0.1) is 35.0 Å². The summed E-state index contributed by atoms with van der Waals surface area (Å²) in [4.78, 5) is 92.0. The van der Waals surface area contributed by atoms with E-state index in [0.717, 1.165) is 64.2 Å². The molecule has 0 radical (unpaired) electrons. The fourth-order valence-corrected chi connectivity index (χ4v) is 8.44. The second-order valence-corrected chi connectivity index (χ2v) is 16.1. The molecule has 2 N–H and O–H groups in total. The number of amides is 3. The number of hydrogen-bond donors (Lipinski definition) is 2. The first-order chi connectivity index (χ1) is 23.4. The van der Waals surface area contributed by atoms with Gasteiger partial charge in [-0.2, -0.15) is 0 Å². The molecule has 0 bridgehead atoms. The molecular weight excluding hydrogens is 622 g/mol. The van der Waals surface area contributed by atoms with E-state index in [2.05, 4.69) is 20.6 Å². The second kappa shape index (κ2) is 16.0. The Kier molecular flexibility index (Phi) is 12.0. The van der Waals surface area contributed by atoms with Crippen molar-refractivity contribution in [2.75, 3.05) is 6.54 Å². The molecule has 0 spiro atoms. The first kappa shape index (κ1) is 36.8. The molecular formula is C38H55N5O6. The number of fused-ring (bicyclic) bond motifs is 1. The van der Waals surface area contributed by atoms with Crippen LogP contribution in [0.25, 0.3) is 0 Å². The molecule has 5 rings (SSSR count). The van der Waals surface area contributed by atoms with Gasteiger partial charge in [0.05, 0.1) is 12.2 Å². The van der Waals surface area contributed by atoms with E-state index < -0.39 is 47.1 Å². The van der Waals surface area contributed by atoms with Crippen molar-refractivity contribution in [3.8, 4) is 0 Å². The van der Waals surface area contributed by atoms with Crippen LogP contribution in [0.5, 0.6) is 0 Å². The van der Waals surface area contributed by atoms with Crippen LogP contribution in [0.2, 0.25) is 0 Å². The van der Waals surface area contributed by atoms with Crippen molar-refractivity contribution in [2.45, 2.75) is 136 Å². The van der Waals surface area contributed by atoms with Gasteiger partial charge in [0.15, 0.2) is 11.6 Å². The largest absolute Gasteiger partial charge is 0.342 e. The van der Waals surface area contributed by atoms with Gasteiger partial charge in [0, 0.05) is 37.7 Å². The van der Waals surface area contributed by atoms with Crippen molar-refractivity contribution >= 4 is 35.1 Å². The van der Waals surface area contributed by atoms with E-state index >= 15 is 0 Å². The third-order valence-corrected chi connectivity index (χ3v) is 11.3. The highest BCUT2D eigenvalue weighted by molar-refractivity contribution is 6.38. The third kappa shape index (κ3) is 9.00. The SMILES string of the molecule is CCC[C@H](CC(=O)[C@@H]1[C@H]2CCC[C@H]2CN1C(=O)[C@@H](NC(=O)[C@@H](NC(=O)c1cnccn1)C1CCCCC1)C(C)(C)C)C(=O)C(=O)CC1CC1. The average molecular weight is 678 g/mol. The van der Waals surface area contributed by atoms with Gasteiger partial charge in [0.1, 0.15) is 17.8 Å². The summed E-state index contributed by atoms with van der Waals surface area (Å²) in [7, 11) is 0. The van der Waals surface area contributed by atoms with E-state index in [9.17, 15) is 28.8 Å². The molecule has 1 saturated heterocycles. The Bertz CT molecular complexity index is 1380. The van der Waals surface area contributed by atoms with Gasteiger partial charge in [-0.25, -0.2) is 4.98 Å². The van der Waals surface area contributed by atoms with Crippen LogP contribution >= 0.6 is 0 Å². The van der Waals surface area contributed by atoms with E-state index in [1.807, 2.05) is 27.7 Å². The van der Waals surface area contributed by atoms with Crippen LogP contribution in [0.1, 0.15) is 128 Å². The summed E-state index contributed by atoms with van der Waals surface area (Å²) in [5.41, 5.74) is -0.598. The standard InChI is InChI=1S/C38H55N5O6/c1-5-10-25(33(46)30(45)19-23-15-16-23)20-29(44)32-27-14-9-13-26(27)22-43(32)37(49)34(38(2,3)4)42-36(48)31(24-11-7-6-8-12-24)41-35(47)28-21-39-17-18-40-28/h17-18,21,23-27,31-32,34H,5-16,19-20,22H2,1-4H3,(H,41,47)(H,42,48)/t25-,26+,27+,31+,32+,34-/m1/s1. The Morgan fingerprint density at radius 3 is 2.29 bits per heavy atom. The van der Waals surface area contributed by atoms with Crippen molar-refractivity contribution in [3.05, 3.63) is 24.3 Å². The van der Waals surface area contributed by atoms with E-state index in [1.54, 1.807) is 4.90 Å². The van der Waals surface area contributed by atoms with Crippen LogP contribution in [0.15, 0.2) is 18.6 Å². The van der Waals surface area contributed by atoms with Gasteiger partial charge in [0.2, 0.25) is 17.6 Å². The van der Waals surface area contributed by atoms with Crippen LogP contribution in [0.3, 0.4) is 0 Å². The summed E-state index contributed by atoms with van der Waals surface area (Å²) < 4.78 is 0. The Hall–Kier alpha value is -3.50. The number of Topliss-reactive ketones (excluding diaryl/α,β-unsaturated/α-hetero) is 3. The van der Waals surface area contributed by atoms with Crippen LogP contribution in [0.4, 0.5) is 0 Å². The van der Waals surface area contributed by atoms with E-state index in [4.69, 9.17) is 0 Å². The lowest BCUT2D eigenvalue weighted by Crippen LogP contribution is -2.61. The minimum atomic E-state index is -0.957. The molecule has 1 aromatic heterocycles. The lowest BCUT2D eigenvalue weighted by Gasteiger charge is -2.38. The number of rotatable bonds is 15. The fraction of sp³-hybridized carbons (Fsp3) is 0.737. The summed E-state index contributed by atoms with van der Waals surface area (Å²) in [6.07, 6.45) is 14.8. The molecule has 1 aromatic rings. The number of carbonyl (C=O) groups excluding carboxylic acids is 6. The number of aromatic nitrogens is 2. The number of ketones is 3. The maximum absolute atomic E-state index is 14.6. The molecule has 0 unspecified atom stereocenters. The molecule has 0 aromatic carbocycles. The van der Waals surface area contributed by atoms with Gasteiger partial charge in [-0.15, -0.1) is 0 Å². The summed E-state index contributed by atoms with van der Waals surface area (Å²) in [5, 5.41) is 5.94. The lowest BCUT2D eigenvalue weighted by atomic mass is 9.81. The second-order valence-electron chi connectivity index (χ2n) is 16.1. The first-order valence-corrected chi connectivity index (χ1v) is 18.7. The molecule has 4 fully saturated rings. The zero-order valence-electron chi connectivity index (χ0n) is 29.7. The molecule has 3 aliphatic carbocycles. The Labute approximate surface area is 290 Å². The summed E-state index contributed by atoms with van der Waals surface area (Å²) in [5.74, 6) is -2.54. The molecule has 11 nitrogen and oxygen atoms in total. The maximum Gasteiger partial charge on any atom is 0.272 e. The molecule has 2 heterocycles. The van der Waals surface area contributed by atoms with Gasteiger partial charge >= 0.3 is 0 Å². The van der Waals surface area contributed by atoms with E-state index in [-0.39, 0.29) is 53.8 Å². The quantitative estimate of drug-likeness (QED) is 0.255. The predicted octanol–water partition coefficient (Wildman–Crippen LogP) is 4.63. The minimum Gasteiger partial charge on any atom is -0.342 e. The van der Waals surface area contributed by atoms with Crippen molar-refractivity contribution in [2.24, 2.45) is 35.0 Å². The monoisotopic (exact) mass is 677 g/mol. The normalized spacial score (nSPS) is 24.4. The Morgan fingerprint density at radius 1 is 0.918 bits per heavy atom. The molecule has 268 valence electrons. The molecule has 49 heavy (non-hydrogen) atoms. The molecule has 1 aliphatic heterocycles. The van der Waals surface area contributed by atoms with Crippen molar-refractivity contribution in [1.29, 1.82) is 0 Å². The lowest BCUT2D eigenvalue weighted by molar-refractivity contribution is -0.145. The average Bonchev–Trinajstić information content (AvgIpc) is 3.65. The zero-order chi connectivity index (χ0) is 35.3. The highest BCUT2D eigenvalue weighted by Gasteiger charge is 2.52. The highest BCUT2D eigenvalue weighted by atomic mass is 16.2. The molecule has 11 heteroatoms. The zero-order valence-corrected chi connectivity index (χ0v) is 29.7. The van der Waals surface area contributed by atoms with Gasteiger partial charge in [0.25, 0.3) is 5.91 Å². The Balaban J connectivity index is 1.36. The summed E-state index contributed by atoms with van der Waals surface area (Å²) >= 11 is 0. The fourth-order valence-electron chi connectivity index (χ4n) is 8.44. The topological polar surface area (TPSA) is 156 Å². The molecule has 4 aliphatic rings. The Morgan fingerprint density at radius 2 is 1.65 bits per heavy atom. The van der Waals surface area contributed by atoms with E-state index in [0.29, 0.717) is 25.3 Å². The molecule has 6 atom stereocenters. The van der Waals surface area contributed by atoms with E-state index in [1.165, 1.54) is 18.6 Å². The van der Waals surface area contributed by atoms with Crippen LogP contribution < -0.4 is 10.6 Å². The molecule has 3 saturated carbocycles. The maximum atomic E-state index is 14.6. The van der Waals surface area contributed by atoms with Gasteiger partial charge in [-0.1, -0.05) is 59.8 Å².